The second-order valence-corrected chi connectivity index (χ2v) is 8.71. The Balaban J connectivity index is 1.67. The first kappa shape index (κ1) is 24.0. The molecule has 6 heteroatoms. The van der Waals surface area contributed by atoms with E-state index in [0.717, 1.165) is 30.4 Å². The number of nitrogens with zero attached hydrogens (tertiary/aromatic N) is 1. The Kier molecular flexibility index (Phi) is 8.86. The zero-order valence-electron chi connectivity index (χ0n) is 18.4. The van der Waals surface area contributed by atoms with Crippen LogP contribution in [0, 0.1) is 5.82 Å². The SMILES string of the molecule is CC(C(=O)NCCC1=CCCCC1)N(Cc1ccc(F)cc1)C(=O)Cc1ccc(Cl)cc1. The van der Waals surface area contributed by atoms with Gasteiger partial charge in [0.15, 0.2) is 0 Å². The lowest BCUT2D eigenvalue weighted by Gasteiger charge is -2.29. The van der Waals surface area contributed by atoms with E-state index in [-0.39, 0.29) is 30.6 Å². The van der Waals surface area contributed by atoms with Gasteiger partial charge in [-0.3, -0.25) is 9.59 Å². The molecule has 1 aliphatic carbocycles. The van der Waals surface area contributed by atoms with Crippen LogP contribution in [-0.4, -0.2) is 29.3 Å². The number of hydrogen-bond acceptors (Lipinski definition) is 2. The van der Waals surface area contributed by atoms with Crippen molar-refractivity contribution in [3.8, 4) is 0 Å². The van der Waals surface area contributed by atoms with Crippen LogP contribution in [0.2, 0.25) is 5.02 Å². The summed E-state index contributed by atoms with van der Waals surface area (Å²) in [5.74, 6) is -0.696. The van der Waals surface area contributed by atoms with E-state index in [9.17, 15) is 14.0 Å². The molecule has 1 unspecified atom stereocenters. The van der Waals surface area contributed by atoms with E-state index < -0.39 is 6.04 Å². The molecule has 0 aromatic heterocycles. The van der Waals surface area contributed by atoms with Gasteiger partial charge in [-0.2, -0.15) is 0 Å². The van der Waals surface area contributed by atoms with E-state index in [2.05, 4.69) is 11.4 Å². The maximum absolute atomic E-state index is 13.3. The average molecular weight is 457 g/mol. The van der Waals surface area contributed by atoms with Gasteiger partial charge in [0.05, 0.1) is 6.42 Å². The van der Waals surface area contributed by atoms with E-state index in [1.165, 1.54) is 30.5 Å². The number of rotatable bonds is 9. The Morgan fingerprint density at radius 2 is 1.75 bits per heavy atom. The highest BCUT2D eigenvalue weighted by molar-refractivity contribution is 6.30. The summed E-state index contributed by atoms with van der Waals surface area (Å²) in [7, 11) is 0. The molecule has 1 N–H and O–H groups in total. The highest BCUT2D eigenvalue weighted by Crippen LogP contribution is 2.19. The Labute approximate surface area is 194 Å². The molecule has 0 spiro atoms. The van der Waals surface area contributed by atoms with Crippen LogP contribution in [0.4, 0.5) is 4.39 Å². The fourth-order valence-electron chi connectivity index (χ4n) is 3.87. The molecule has 4 nitrogen and oxygen atoms in total. The quantitative estimate of drug-likeness (QED) is 0.510. The first-order valence-electron chi connectivity index (χ1n) is 11.2. The molecule has 32 heavy (non-hydrogen) atoms. The molecular formula is C26H30ClFN2O2. The summed E-state index contributed by atoms with van der Waals surface area (Å²) in [6, 6.07) is 12.4. The zero-order valence-corrected chi connectivity index (χ0v) is 19.2. The van der Waals surface area contributed by atoms with Gasteiger partial charge in [-0.1, -0.05) is 47.5 Å². The highest BCUT2D eigenvalue weighted by atomic mass is 35.5. The van der Waals surface area contributed by atoms with Crippen molar-refractivity contribution in [3.63, 3.8) is 0 Å². The van der Waals surface area contributed by atoms with Gasteiger partial charge in [0.25, 0.3) is 0 Å². The molecule has 3 rings (SSSR count). The molecule has 0 saturated carbocycles. The second-order valence-electron chi connectivity index (χ2n) is 8.28. The predicted molar refractivity (Wildman–Crippen MR) is 126 cm³/mol. The largest absolute Gasteiger partial charge is 0.354 e. The van der Waals surface area contributed by atoms with Gasteiger partial charge in [0.1, 0.15) is 11.9 Å². The Bertz CT molecular complexity index is 941. The van der Waals surface area contributed by atoms with Gasteiger partial charge >= 0.3 is 0 Å². The van der Waals surface area contributed by atoms with Gasteiger partial charge in [-0.15, -0.1) is 0 Å². The van der Waals surface area contributed by atoms with Crippen molar-refractivity contribution in [2.24, 2.45) is 0 Å². The van der Waals surface area contributed by atoms with Crippen molar-refractivity contribution in [1.82, 2.24) is 10.2 Å². The molecule has 170 valence electrons. The molecule has 0 saturated heterocycles. The van der Waals surface area contributed by atoms with Crippen molar-refractivity contribution in [2.45, 2.75) is 58.0 Å². The van der Waals surface area contributed by atoms with Crippen LogP contribution >= 0.6 is 11.6 Å². The minimum atomic E-state index is -0.653. The first-order chi connectivity index (χ1) is 15.4. The summed E-state index contributed by atoms with van der Waals surface area (Å²) in [4.78, 5) is 27.6. The van der Waals surface area contributed by atoms with Crippen LogP contribution in [0.5, 0.6) is 0 Å². The van der Waals surface area contributed by atoms with Gasteiger partial charge in [-0.25, -0.2) is 4.39 Å². The normalized spacial score (nSPS) is 14.4. The van der Waals surface area contributed by atoms with Gasteiger partial charge in [-0.05, 0) is 74.4 Å². The van der Waals surface area contributed by atoms with Crippen molar-refractivity contribution in [3.05, 3.63) is 82.1 Å². The van der Waals surface area contributed by atoms with Crippen LogP contribution in [0.25, 0.3) is 0 Å². The second kappa shape index (κ2) is 11.8. The smallest absolute Gasteiger partial charge is 0.242 e. The molecule has 2 aromatic carbocycles. The lowest BCUT2D eigenvalue weighted by Crippen LogP contribution is -2.48. The molecular weight excluding hydrogens is 427 g/mol. The highest BCUT2D eigenvalue weighted by Gasteiger charge is 2.26. The zero-order chi connectivity index (χ0) is 22.9. The molecule has 1 aliphatic rings. The van der Waals surface area contributed by atoms with Gasteiger partial charge in [0, 0.05) is 18.1 Å². The first-order valence-corrected chi connectivity index (χ1v) is 11.5. The van der Waals surface area contributed by atoms with Crippen LogP contribution in [0.1, 0.15) is 50.2 Å². The summed E-state index contributed by atoms with van der Waals surface area (Å²) in [6.45, 7) is 2.52. The minimum Gasteiger partial charge on any atom is -0.354 e. The Morgan fingerprint density at radius 3 is 2.41 bits per heavy atom. The van der Waals surface area contributed by atoms with Crippen LogP contribution in [-0.2, 0) is 22.6 Å². The number of halogens is 2. The molecule has 0 heterocycles. The summed E-state index contributed by atoms with van der Waals surface area (Å²) < 4.78 is 13.3. The third-order valence-corrected chi connectivity index (χ3v) is 6.08. The molecule has 2 amide bonds. The predicted octanol–water partition coefficient (Wildman–Crippen LogP) is 5.45. The van der Waals surface area contributed by atoms with Crippen molar-refractivity contribution >= 4 is 23.4 Å². The standard InChI is InChI=1S/C26H30ClFN2O2/c1-19(26(32)29-16-15-20-5-3-2-4-6-20)30(18-22-9-13-24(28)14-10-22)25(31)17-21-7-11-23(27)12-8-21/h5,7-14,19H,2-4,6,15-18H2,1H3,(H,29,32). The summed E-state index contributed by atoms with van der Waals surface area (Å²) in [5, 5.41) is 3.58. The lowest BCUT2D eigenvalue weighted by atomic mass is 9.97. The summed E-state index contributed by atoms with van der Waals surface area (Å²) in [5.41, 5.74) is 2.98. The average Bonchev–Trinajstić information content (AvgIpc) is 2.80. The minimum absolute atomic E-state index is 0.156. The number of nitrogens with one attached hydrogen (secondary N) is 1. The number of carbonyl (C=O) groups is 2. The molecule has 1 atom stereocenters. The number of hydrogen-bond donors (Lipinski definition) is 1. The van der Waals surface area contributed by atoms with E-state index >= 15 is 0 Å². The van der Waals surface area contributed by atoms with E-state index in [1.807, 2.05) is 0 Å². The van der Waals surface area contributed by atoms with E-state index in [0.29, 0.717) is 11.6 Å². The number of benzene rings is 2. The Morgan fingerprint density at radius 1 is 1.06 bits per heavy atom. The third-order valence-electron chi connectivity index (χ3n) is 5.83. The molecule has 0 bridgehead atoms. The third kappa shape index (κ3) is 7.20. The summed E-state index contributed by atoms with van der Waals surface area (Å²) in [6.07, 6.45) is 7.93. The summed E-state index contributed by atoms with van der Waals surface area (Å²) >= 11 is 5.94. The van der Waals surface area contributed by atoms with Crippen molar-refractivity contribution in [2.75, 3.05) is 6.54 Å². The topological polar surface area (TPSA) is 49.4 Å². The van der Waals surface area contributed by atoms with Crippen LogP contribution in [0.15, 0.2) is 60.2 Å². The molecule has 0 aliphatic heterocycles. The molecule has 2 aromatic rings. The monoisotopic (exact) mass is 456 g/mol. The lowest BCUT2D eigenvalue weighted by molar-refractivity contribution is -0.140. The maximum Gasteiger partial charge on any atom is 0.242 e. The van der Waals surface area contributed by atoms with Gasteiger partial charge < -0.3 is 10.2 Å². The van der Waals surface area contributed by atoms with E-state index in [1.54, 1.807) is 48.2 Å². The van der Waals surface area contributed by atoms with Gasteiger partial charge in [0.2, 0.25) is 11.8 Å². The van der Waals surface area contributed by atoms with Crippen LogP contribution < -0.4 is 5.32 Å². The van der Waals surface area contributed by atoms with Crippen molar-refractivity contribution < 1.29 is 14.0 Å². The van der Waals surface area contributed by atoms with Crippen LogP contribution in [0.3, 0.4) is 0 Å². The van der Waals surface area contributed by atoms with E-state index in [4.69, 9.17) is 11.6 Å². The van der Waals surface area contributed by atoms with Crippen molar-refractivity contribution in [1.29, 1.82) is 0 Å². The maximum atomic E-state index is 13.3. The number of carbonyl (C=O) groups excluding carboxylic acids is 2. The number of amides is 2. The molecule has 0 fully saturated rings. The fraction of sp³-hybridized carbons (Fsp3) is 0.385. The fourth-order valence-corrected chi connectivity index (χ4v) is 4.00. The number of allylic oxidation sites excluding steroid dienone is 1. The Hall–Kier alpha value is -2.66. The molecule has 0 radical (unpaired) electrons.